The number of halogens is 1. The summed E-state index contributed by atoms with van der Waals surface area (Å²) in [6.45, 7) is 1.70. The maximum Gasteiger partial charge on any atom is 0.118 e. The van der Waals surface area contributed by atoms with Crippen LogP contribution in [0.2, 0.25) is 0 Å². The Labute approximate surface area is 44.9 Å². The van der Waals surface area contributed by atoms with Crippen LogP contribution in [0.4, 0.5) is 4.39 Å². The molecule has 0 amide bonds. The predicted octanol–water partition coefficient (Wildman–Crippen LogP) is 0.377. The van der Waals surface area contributed by atoms with Crippen LogP contribution in [-0.4, -0.2) is 19.0 Å². The van der Waals surface area contributed by atoms with Crippen molar-refractivity contribution < 1.29 is 4.39 Å². The largest absolute Gasteiger partial charge is 0.316 e. The van der Waals surface area contributed by atoms with Crippen LogP contribution in [0.5, 0.6) is 0 Å². The van der Waals surface area contributed by atoms with Gasteiger partial charge in [0.15, 0.2) is 0 Å². The molecular weight excluding hydrogens is 112 g/mol. The molecule has 0 aliphatic carbocycles. The number of alkyl halides is 1. The predicted molar refractivity (Wildman–Crippen MR) is 31.0 cm³/mol. The quantitative estimate of drug-likeness (QED) is 0.494. The van der Waals surface area contributed by atoms with E-state index in [-0.39, 0.29) is 5.92 Å². The minimum absolute atomic E-state index is 0.269. The molecule has 2 atom stereocenters. The van der Waals surface area contributed by atoms with Gasteiger partial charge in [0.2, 0.25) is 0 Å². The van der Waals surface area contributed by atoms with Crippen LogP contribution in [-0.2, 0) is 0 Å². The van der Waals surface area contributed by atoms with Gasteiger partial charge < -0.3 is 5.32 Å². The Morgan fingerprint density at radius 1 is 1.71 bits per heavy atom. The van der Waals surface area contributed by atoms with Gasteiger partial charge in [0.1, 0.15) is 5.91 Å². The Morgan fingerprint density at radius 3 is 2.29 bits per heavy atom. The highest BCUT2D eigenvalue weighted by atomic mass is 31.0. The zero-order valence-electron chi connectivity index (χ0n) is 4.02. The number of hydrogen-bond acceptors (Lipinski definition) is 1. The van der Waals surface area contributed by atoms with E-state index in [0.29, 0.717) is 0 Å². The van der Waals surface area contributed by atoms with Crippen molar-refractivity contribution >= 4 is 9.24 Å². The van der Waals surface area contributed by atoms with Crippen LogP contribution in [0, 0.1) is 5.92 Å². The Hall–Kier alpha value is 0.320. The maximum absolute atomic E-state index is 12.1. The van der Waals surface area contributed by atoms with Gasteiger partial charge in [-0.2, -0.15) is 0 Å². The average molecular weight is 121 g/mol. The molecule has 42 valence electrons. The standard InChI is InChI=1S/C4H9FNP/c5-4(7)3-1-6-2-3/h3-4,6H,1-2,7H2. The molecule has 0 spiro atoms. The third-order valence-electron chi connectivity index (χ3n) is 1.26. The summed E-state index contributed by atoms with van der Waals surface area (Å²) in [4.78, 5) is 0. The van der Waals surface area contributed by atoms with Gasteiger partial charge in [-0.3, -0.25) is 0 Å². The third-order valence-corrected chi connectivity index (χ3v) is 1.81. The molecule has 1 aliphatic rings. The third kappa shape index (κ3) is 1.11. The van der Waals surface area contributed by atoms with Crippen molar-refractivity contribution in [3.05, 3.63) is 0 Å². The highest BCUT2D eigenvalue weighted by molar-refractivity contribution is 7.17. The van der Waals surface area contributed by atoms with E-state index >= 15 is 0 Å². The second-order valence-electron chi connectivity index (χ2n) is 1.86. The molecule has 1 aliphatic heterocycles. The lowest BCUT2D eigenvalue weighted by Gasteiger charge is -2.27. The van der Waals surface area contributed by atoms with Gasteiger partial charge in [0.25, 0.3) is 0 Å². The van der Waals surface area contributed by atoms with Crippen LogP contribution in [0.3, 0.4) is 0 Å². The SMILES string of the molecule is FC(P)C1CNC1. The molecule has 0 radical (unpaired) electrons. The summed E-state index contributed by atoms with van der Waals surface area (Å²) in [6, 6.07) is 0. The zero-order valence-corrected chi connectivity index (χ0v) is 5.18. The first-order chi connectivity index (χ1) is 3.30. The van der Waals surface area contributed by atoms with Crippen LogP contribution < -0.4 is 5.32 Å². The Kier molecular flexibility index (Phi) is 1.61. The molecule has 7 heavy (non-hydrogen) atoms. The molecule has 1 saturated heterocycles. The minimum atomic E-state index is -0.693. The van der Waals surface area contributed by atoms with Gasteiger partial charge in [0, 0.05) is 19.0 Å². The topological polar surface area (TPSA) is 12.0 Å². The molecule has 1 nitrogen and oxygen atoms in total. The van der Waals surface area contributed by atoms with Gasteiger partial charge in [0.05, 0.1) is 0 Å². The molecule has 0 bridgehead atoms. The molecular formula is C4H9FNP. The number of hydrogen-bond donors (Lipinski definition) is 1. The zero-order chi connectivity index (χ0) is 5.28. The van der Waals surface area contributed by atoms with Crippen LogP contribution in [0.1, 0.15) is 0 Å². The fourth-order valence-corrected chi connectivity index (χ4v) is 0.808. The Bertz CT molecular complexity index is 62.7. The molecule has 1 fully saturated rings. The molecule has 0 aromatic carbocycles. The first-order valence-corrected chi connectivity index (χ1v) is 3.08. The van der Waals surface area contributed by atoms with Crippen molar-refractivity contribution in [3.8, 4) is 0 Å². The molecule has 2 unspecified atom stereocenters. The normalized spacial score (nSPS) is 26.6. The molecule has 0 aromatic rings. The van der Waals surface area contributed by atoms with Crippen molar-refractivity contribution in [3.63, 3.8) is 0 Å². The molecule has 0 aromatic heterocycles. The molecule has 0 saturated carbocycles. The van der Waals surface area contributed by atoms with Crippen LogP contribution >= 0.6 is 9.24 Å². The Morgan fingerprint density at radius 2 is 2.29 bits per heavy atom. The number of rotatable bonds is 1. The van der Waals surface area contributed by atoms with Gasteiger partial charge in [-0.25, -0.2) is 4.39 Å². The lowest BCUT2D eigenvalue weighted by Crippen LogP contribution is -2.45. The van der Waals surface area contributed by atoms with E-state index in [4.69, 9.17) is 0 Å². The monoisotopic (exact) mass is 121 g/mol. The molecule has 1 rings (SSSR count). The highest BCUT2D eigenvalue weighted by Crippen LogP contribution is 2.17. The van der Waals surface area contributed by atoms with Gasteiger partial charge in [-0.1, -0.05) is 0 Å². The summed E-state index contributed by atoms with van der Waals surface area (Å²) in [5.74, 6) is -0.425. The van der Waals surface area contributed by atoms with Gasteiger partial charge in [-0.05, 0) is 0 Å². The van der Waals surface area contributed by atoms with Crippen molar-refractivity contribution in [2.45, 2.75) is 5.91 Å². The summed E-state index contributed by atoms with van der Waals surface area (Å²) >= 11 is 0. The fourth-order valence-electron chi connectivity index (χ4n) is 0.536. The van der Waals surface area contributed by atoms with Gasteiger partial charge in [-0.15, -0.1) is 9.24 Å². The Balaban J connectivity index is 2.14. The summed E-state index contributed by atoms with van der Waals surface area (Å²) < 4.78 is 12.1. The fraction of sp³-hybridized carbons (Fsp3) is 1.00. The lowest BCUT2D eigenvalue weighted by atomic mass is 10.1. The summed E-state index contributed by atoms with van der Waals surface area (Å²) in [7, 11) is 2.16. The summed E-state index contributed by atoms with van der Waals surface area (Å²) in [5.41, 5.74) is 0. The van der Waals surface area contributed by atoms with Crippen LogP contribution in [0.25, 0.3) is 0 Å². The van der Waals surface area contributed by atoms with Crippen molar-refractivity contribution in [1.29, 1.82) is 0 Å². The van der Waals surface area contributed by atoms with E-state index in [1.165, 1.54) is 0 Å². The molecule has 1 heterocycles. The average Bonchev–Trinajstić information content (AvgIpc) is 1.23. The van der Waals surface area contributed by atoms with E-state index in [1.807, 2.05) is 0 Å². The molecule has 3 heteroatoms. The first-order valence-electron chi connectivity index (χ1n) is 2.41. The van der Waals surface area contributed by atoms with Crippen molar-refractivity contribution in [2.24, 2.45) is 5.92 Å². The van der Waals surface area contributed by atoms with E-state index in [1.54, 1.807) is 0 Å². The minimum Gasteiger partial charge on any atom is -0.316 e. The van der Waals surface area contributed by atoms with E-state index in [2.05, 4.69) is 14.6 Å². The van der Waals surface area contributed by atoms with E-state index in [0.717, 1.165) is 13.1 Å². The second-order valence-corrected chi connectivity index (χ2v) is 2.50. The summed E-state index contributed by atoms with van der Waals surface area (Å²) in [6.07, 6.45) is 0. The maximum atomic E-state index is 12.1. The van der Waals surface area contributed by atoms with Crippen molar-refractivity contribution in [2.75, 3.05) is 13.1 Å². The van der Waals surface area contributed by atoms with Crippen LogP contribution in [0.15, 0.2) is 0 Å². The number of nitrogens with one attached hydrogen (secondary N) is 1. The van der Waals surface area contributed by atoms with Crippen molar-refractivity contribution in [1.82, 2.24) is 5.32 Å². The van der Waals surface area contributed by atoms with Gasteiger partial charge >= 0.3 is 0 Å². The lowest BCUT2D eigenvalue weighted by molar-refractivity contribution is 0.241. The molecule has 1 N–H and O–H groups in total. The smallest absolute Gasteiger partial charge is 0.118 e. The highest BCUT2D eigenvalue weighted by Gasteiger charge is 2.22. The van der Waals surface area contributed by atoms with E-state index in [9.17, 15) is 4.39 Å². The second kappa shape index (κ2) is 2.06. The first kappa shape index (κ1) is 5.46. The summed E-state index contributed by atoms with van der Waals surface area (Å²) in [5, 5.41) is 2.99. The van der Waals surface area contributed by atoms with E-state index < -0.39 is 5.91 Å².